The molecule has 5 rings (SSSR count). The molecule has 1 amide bonds. The summed E-state index contributed by atoms with van der Waals surface area (Å²) < 4.78 is 1.99. The van der Waals surface area contributed by atoms with E-state index in [1.54, 1.807) is 18.3 Å². The molecular weight excluding hydrogens is 376 g/mol. The van der Waals surface area contributed by atoms with E-state index in [0.717, 1.165) is 35.1 Å². The van der Waals surface area contributed by atoms with E-state index in [9.17, 15) is 4.79 Å². The number of nitrogen functional groups attached to an aromatic ring is 1. The molecule has 7 heteroatoms. The van der Waals surface area contributed by atoms with E-state index in [1.807, 2.05) is 58.4 Å². The summed E-state index contributed by atoms with van der Waals surface area (Å²) in [6, 6.07) is 15.2. The number of nitrogens with two attached hydrogens (primary N) is 1. The number of likely N-dealkylation sites (tertiary alicyclic amines) is 1. The molecular formula is C23H22N6O. The van der Waals surface area contributed by atoms with Gasteiger partial charge in [0.05, 0.1) is 35.2 Å². The van der Waals surface area contributed by atoms with Gasteiger partial charge in [-0.25, -0.2) is 4.98 Å². The number of aromatic nitrogens is 4. The summed E-state index contributed by atoms with van der Waals surface area (Å²) >= 11 is 0. The Bertz CT molecular complexity index is 1210. The molecule has 3 heterocycles. The Morgan fingerprint density at radius 2 is 1.80 bits per heavy atom. The Kier molecular flexibility index (Phi) is 4.63. The summed E-state index contributed by atoms with van der Waals surface area (Å²) in [7, 11) is 0. The number of anilines is 1. The molecule has 2 aromatic heterocycles. The first-order valence-electron chi connectivity index (χ1n) is 10.1. The van der Waals surface area contributed by atoms with Crippen molar-refractivity contribution in [3.05, 3.63) is 72.7 Å². The molecule has 2 N–H and O–H groups in total. The smallest absolute Gasteiger partial charge is 0.253 e. The van der Waals surface area contributed by atoms with Crippen LogP contribution in [0.15, 0.2) is 67.1 Å². The Hall–Kier alpha value is -3.74. The van der Waals surface area contributed by atoms with Crippen LogP contribution >= 0.6 is 0 Å². The highest BCUT2D eigenvalue weighted by atomic mass is 16.2. The second kappa shape index (κ2) is 7.59. The van der Waals surface area contributed by atoms with E-state index < -0.39 is 0 Å². The van der Waals surface area contributed by atoms with Crippen molar-refractivity contribution in [3.63, 3.8) is 0 Å². The number of rotatable bonds is 3. The van der Waals surface area contributed by atoms with Gasteiger partial charge in [0.1, 0.15) is 0 Å². The largest absolute Gasteiger partial charge is 0.399 e. The van der Waals surface area contributed by atoms with E-state index in [0.29, 0.717) is 24.3 Å². The van der Waals surface area contributed by atoms with Gasteiger partial charge in [-0.2, -0.15) is 5.10 Å². The molecule has 0 atom stereocenters. The number of carbonyl (C=O) groups is 1. The average molecular weight is 398 g/mol. The van der Waals surface area contributed by atoms with Gasteiger partial charge in [-0.3, -0.25) is 14.5 Å². The Balaban J connectivity index is 1.28. The quantitative estimate of drug-likeness (QED) is 0.533. The van der Waals surface area contributed by atoms with Crippen LogP contribution in [0.5, 0.6) is 0 Å². The fourth-order valence-electron chi connectivity index (χ4n) is 3.95. The number of piperidine rings is 1. The first-order chi connectivity index (χ1) is 14.7. The van der Waals surface area contributed by atoms with Crippen molar-refractivity contribution < 1.29 is 4.79 Å². The van der Waals surface area contributed by atoms with Gasteiger partial charge in [0.2, 0.25) is 0 Å². The zero-order chi connectivity index (χ0) is 20.5. The lowest BCUT2D eigenvalue weighted by Crippen LogP contribution is -2.39. The third kappa shape index (κ3) is 3.50. The summed E-state index contributed by atoms with van der Waals surface area (Å²) in [5, 5.41) is 4.56. The van der Waals surface area contributed by atoms with Crippen LogP contribution in [0.2, 0.25) is 0 Å². The van der Waals surface area contributed by atoms with Gasteiger partial charge in [-0.15, -0.1) is 0 Å². The van der Waals surface area contributed by atoms with E-state index in [-0.39, 0.29) is 11.9 Å². The fraction of sp³-hybridized carbons (Fsp3) is 0.217. The predicted octanol–water partition coefficient (Wildman–Crippen LogP) is 3.55. The lowest BCUT2D eigenvalue weighted by molar-refractivity contribution is 0.0690. The number of amides is 1. The predicted molar refractivity (Wildman–Crippen MR) is 116 cm³/mol. The molecule has 0 radical (unpaired) electrons. The second-order valence-corrected chi connectivity index (χ2v) is 7.60. The van der Waals surface area contributed by atoms with Crippen LogP contribution in [0.3, 0.4) is 0 Å². The van der Waals surface area contributed by atoms with Crippen molar-refractivity contribution in [3.8, 4) is 11.3 Å². The van der Waals surface area contributed by atoms with Crippen molar-refractivity contribution in [1.29, 1.82) is 0 Å². The van der Waals surface area contributed by atoms with Crippen LogP contribution in [0.25, 0.3) is 22.3 Å². The van der Waals surface area contributed by atoms with E-state index in [1.165, 1.54) is 0 Å². The third-order valence-electron chi connectivity index (χ3n) is 5.61. The number of para-hydroxylation sites is 2. The number of hydrogen-bond acceptors (Lipinski definition) is 5. The van der Waals surface area contributed by atoms with E-state index in [4.69, 9.17) is 10.7 Å². The average Bonchev–Trinajstić information content (AvgIpc) is 3.29. The number of hydrogen-bond donors (Lipinski definition) is 1. The van der Waals surface area contributed by atoms with Crippen molar-refractivity contribution in [2.24, 2.45) is 0 Å². The molecule has 1 fully saturated rings. The number of fused-ring (bicyclic) bond motifs is 1. The highest BCUT2D eigenvalue weighted by Gasteiger charge is 2.25. The van der Waals surface area contributed by atoms with Gasteiger partial charge in [0.25, 0.3) is 5.91 Å². The summed E-state index contributed by atoms with van der Waals surface area (Å²) in [4.78, 5) is 23.8. The lowest BCUT2D eigenvalue weighted by atomic mass is 10.0. The maximum Gasteiger partial charge on any atom is 0.253 e. The monoisotopic (exact) mass is 398 g/mol. The number of benzene rings is 2. The molecule has 150 valence electrons. The van der Waals surface area contributed by atoms with Crippen molar-refractivity contribution in [2.75, 3.05) is 18.8 Å². The zero-order valence-corrected chi connectivity index (χ0v) is 16.5. The normalized spacial score (nSPS) is 14.9. The molecule has 0 aliphatic carbocycles. The molecule has 30 heavy (non-hydrogen) atoms. The second-order valence-electron chi connectivity index (χ2n) is 7.60. The van der Waals surface area contributed by atoms with Gasteiger partial charge < -0.3 is 10.6 Å². The van der Waals surface area contributed by atoms with Gasteiger partial charge in [0.15, 0.2) is 0 Å². The van der Waals surface area contributed by atoms with Crippen molar-refractivity contribution in [1.82, 2.24) is 24.6 Å². The summed E-state index contributed by atoms with van der Waals surface area (Å²) in [6.45, 7) is 1.40. The Morgan fingerprint density at radius 1 is 1.00 bits per heavy atom. The standard InChI is InChI=1S/C23H22N6O/c24-18-5-3-4-16(12-18)23(30)28-10-8-19(9-11-28)29-15-17(13-26-29)22-14-25-20-6-1-2-7-21(20)27-22/h1-7,12-15,19H,8-11,24H2. The highest BCUT2D eigenvalue weighted by molar-refractivity contribution is 5.95. The van der Waals surface area contributed by atoms with E-state index >= 15 is 0 Å². The van der Waals surface area contributed by atoms with Crippen molar-refractivity contribution >= 4 is 22.6 Å². The van der Waals surface area contributed by atoms with Gasteiger partial charge in [-0.05, 0) is 43.2 Å². The minimum atomic E-state index is 0.0355. The SMILES string of the molecule is Nc1cccc(C(=O)N2CCC(n3cc(-c4cnc5ccccc5n4)cn3)CC2)c1. The van der Waals surface area contributed by atoms with Crippen molar-refractivity contribution in [2.45, 2.75) is 18.9 Å². The first-order valence-corrected chi connectivity index (χ1v) is 10.1. The first kappa shape index (κ1) is 18.3. The third-order valence-corrected chi connectivity index (χ3v) is 5.61. The zero-order valence-electron chi connectivity index (χ0n) is 16.5. The minimum absolute atomic E-state index is 0.0355. The highest BCUT2D eigenvalue weighted by Crippen LogP contribution is 2.26. The molecule has 0 spiro atoms. The summed E-state index contributed by atoms with van der Waals surface area (Å²) in [6.07, 6.45) is 7.37. The van der Waals surface area contributed by atoms with Crippen LogP contribution in [-0.4, -0.2) is 43.6 Å². The van der Waals surface area contributed by atoms with Crippen LogP contribution in [0.1, 0.15) is 29.2 Å². The Morgan fingerprint density at radius 3 is 2.60 bits per heavy atom. The molecule has 1 aliphatic heterocycles. The molecule has 7 nitrogen and oxygen atoms in total. The van der Waals surface area contributed by atoms with Gasteiger partial charge in [-0.1, -0.05) is 18.2 Å². The number of nitrogens with zero attached hydrogens (tertiary/aromatic N) is 5. The Labute approximate surface area is 174 Å². The van der Waals surface area contributed by atoms with Crippen LogP contribution < -0.4 is 5.73 Å². The fourth-order valence-corrected chi connectivity index (χ4v) is 3.95. The molecule has 4 aromatic rings. The van der Waals surface area contributed by atoms with Crippen LogP contribution in [0.4, 0.5) is 5.69 Å². The summed E-state index contributed by atoms with van der Waals surface area (Å²) in [5.74, 6) is 0.0355. The number of carbonyl (C=O) groups excluding carboxylic acids is 1. The topological polar surface area (TPSA) is 89.9 Å². The molecule has 0 saturated carbocycles. The van der Waals surface area contributed by atoms with Gasteiger partial charge in [0, 0.05) is 36.1 Å². The molecule has 0 bridgehead atoms. The minimum Gasteiger partial charge on any atom is -0.399 e. The molecule has 1 aliphatic rings. The molecule has 1 saturated heterocycles. The van der Waals surface area contributed by atoms with Crippen LogP contribution in [0, 0.1) is 0 Å². The van der Waals surface area contributed by atoms with Gasteiger partial charge >= 0.3 is 0 Å². The van der Waals surface area contributed by atoms with E-state index in [2.05, 4.69) is 10.1 Å². The maximum atomic E-state index is 12.7. The molecule has 2 aromatic carbocycles. The van der Waals surface area contributed by atoms with Crippen LogP contribution in [-0.2, 0) is 0 Å². The summed E-state index contributed by atoms with van der Waals surface area (Å²) in [5.41, 5.74) is 10.6. The molecule has 0 unspecified atom stereocenters. The lowest BCUT2D eigenvalue weighted by Gasteiger charge is -2.32. The maximum absolute atomic E-state index is 12.7.